The van der Waals surface area contributed by atoms with Crippen molar-refractivity contribution < 1.29 is 9.47 Å². The summed E-state index contributed by atoms with van der Waals surface area (Å²) in [6.45, 7) is 4.36. The Morgan fingerprint density at radius 1 is 0.617 bits per heavy atom. The van der Waals surface area contributed by atoms with E-state index in [9.17, 15) is 9.59 Å². The molecule has 47 heavy (non-hydrogen) atoms. The number of methoxy groups -OCH3 is 1. The number of H-pyrrole nitrogens is 4. The lowest BCUT2D eigenvalue weighted by atomic mass is 9.83. The summed E-state index contributed by atoms with van der Waals surface area (Å²) in [7, 11) is 1.58. The van der Waals surface area contributed by atoms with E-state index in [-0.39, 0.29) is 11.1 Å². The molecule has 7 rings (SSSR count). The maximum absolute atomic E-state index is 13.7. The first-order valence-corrected chi connectivity index (χ1v) is 15.4. The summed E-state index contributed by atoms with van der Waals surface area (Å²) in [6, 6.07) is 35.7. The van der Waals surface area contributed by atoms with Gasteiger partial charge in [-0.25, -0.2) is 0 Å². The predicted octanol–water partition coefficient (Wildman–Crippen LogP) is 7.59. The van der Waals surface area contributed by atoms with E-state index in [1.165, 1.54) is 0 Å². The zero-order valence-corrected chi connectivity index (χ0v) is 26.3. The minimum absolute atomic E-state index is 0.323. The lowest BCUT2D eigenvalue weighted by Gasteiger charge is -2.20. The Morgan fingerprint density at radius 3 is 1.79 bits per heavy atom. The van der Waals surface area contributed by atoms with Crippen molar-refractivity contribution in [2.24, 2.45) is 0 Å². The number of fused-ring (bicyclic) bond motifs is 1. The van der Waals surface area contributed by atoms with Crippen LogP contribution in [0.2, 0.25) is 0 Å². The van der Waals surface area contributed by atoms with Crippen molar-refractivity contribution in [2.75, 3.05) is 7.11 Å². The molecule has 0 spiro atoms. The van der Waals surface area contributed by atoms with Crippen molar-refractivity contribution >= 4 is 10.8 Å². The van der Waals surface area contributed by atoms with Gasteiger partial charge in [-0.2, -0.15) is 0 Å². The maximum atomic E-state index is 13.7. The molecule has 2 aromatic heterocycles. The van der Waals surface area contributed by atoms with Crippen LogP contribution in [-0.2, 0) is 6.61 Å². The summed E-state index contributed by atoms with van der Waals surface area (Å²) >= 11 is 0. The molecule has 0 unspecified atom stereocenters. The number of hydrogen-bond donors (Lipinski definition) is 4. The number of aromatic amines is 4. The van der Waals surface area contributed by atoms with Crippen molar-refractivity contribution in [3.63, 3.8) is 0 Å². The molecule has 0 saturated carbocycles. The topological polar surface area (TPSA) is 116 Å². The molecule has 8 nitrogen and oxygen atoms in total. The number of rotatable bonds is 9. The average Bonchev–Trinajstić information content (AvgIpc) is 3.67. The van der Waals surface area contributed by atoms with Gasteiger partial charge in [0.2, 0.25) is 0 Å². The Balaban J connectivity index is 1.36. The standard InChI is InChI=1S/C39H34N4O4/c1-23-11-15-26(16-12-23)36-34(38(44)42-40-36)33(35-37(41-43-39(35)45)27-17-13-24(2)14-18-27)28-19-20-31(32(21-28)46-3)47-22-29-9-6-8-25-7-4-5-10-30(25)29/h4-21,33H,22H2,1-3H3,(H2,40,42,44)(H2,41,43,45). The zero-order valence-electron chi connectivity index (χ0n) is 26.3. The normalized spacial score (nSPS) is 11.3. The van der Waals surface area contributed by atoms with Crippen LogP contribution in [0.15, 0.2) is 119 Å². The Labute approximate surface area is 271 Å². The number of aromatic nitrogens is 4. The second-order valence-electron chi connectivity index (χ2n) is 11.7. The zero-order chi connectivity index (χ0) is 32.5. The van der Waals surface area contributed by atoms with Crippen LogP contribution in [-0.4, -0.2) is 27.5 Å². The first-order chi connectivity index (χ1) is 22.9. The second-order valence-corrected chi connectivity index (χ2v) is 11.7. The van der Waals surface area contributed by atoms with Gasteiger partial charge in [0.15, 0.2) is 11.5 Å². The number of benzene rings is 5. The molecule has 0 amide bonds. The minimum Gasteiger partial charge on any atom is -0.493 e. The molecule has 234 valence electrons. The summed E-state index contributed by atoms with van der Waals surface area (Å²) in [5.74, 6) is 0.264. The van der Waals surface area contributed by atoms with E-state index in [0.29, 0.717) is 46.2 Å². The first-order valence-electron chi connectivity index (χ1n) is 15.4. The highest BCUT2D eigenvalue weighted by molar-refractivity contribution is 5.85. The molecule has 0 saturated heterocycles. The minimum atomic E-state index is -0.770. The molecule has 0 atom stereocenters. The van der Waals surface area contributed by atoms with Gasteiger partial charge in [-0.15, -0.1) is 0 Å². The van der Waals surface area contributed by atoms with Crippen LogP contribution in [0.25, 0.3) is 33.3 Å². The molecule has 5 aromatic carbocycles. The van der Waals surface area contributed by atoms with E-state index < -0.39 is 5.92 Å². The average molecular weight is 623 g/mol. The maximum Gasteiger partial charge on any atom is 0.268 e. The molecular weight excluding hydrogens is 588 g/mol. The van der Waals surface area contributed by atoms with E-state index in [0.717, 1.165) is 38.6 Å². The SMILES string of the molecule is COc1cc(C(c2c(-c3ccc(C)cc3)[nH][nH]c2=O)c2c(-c3ccc(C)cc3)[nH][nH]c2=O)ccc1OCc1cccc2ccccc12. The quantitative estimate of drug-likeness (QED) is 0.133. The van der Waals surface area contributed by atoms with Crippen LogP contribution < -0.4 is 20.6 Å². The van der Waals surface area contributed by atoms with Crippen molar-refractivity contribution in [2.45, 2.75) is 26.4 Å². The van der Waals surface area contributed by atoms with Gasteiger partial charge in [0.05, 0.1) is 29.6 Å². The predicted molar refractivity (Wildman–Crippen MR) is 185 cm³/mol. The smallest absolute Gasteiger partial charge is 0.268 e. The molecule has 2 heterocycles. The van der Waals surface area contributed by atoms with Gasteiger partial charge in [-0.3, -0.25) is 30.0 Å². The van der Waals surface area contributed by atoms with Crippen LogP contribution in [0.5, 0.6) is 11.5 Å². The third-order valence-electron chi connectivity index (χ3n) is 8.67. The van der Waals surface area contributed by atoms with Gasteiger partial charge >= 0.3 is 0 Å². The molecule has 0 bridgehead atoms. The Morgan fingerprint density at radius 2 is 1.19 bits per heavy atom. The van der Waals surface area contributed by atoms with E-state index in [1.807, 2.05) is 98.8 Å². The van der Waals surface area contributed by atoms with Gasteiger partial charge < -0.3 is 9.47 Å². The highest BCUT2D eigenvalue weighted by Gasteiger charge is 2.32. The molecule has 7 aromatic rings. The largest absolute Gasteiger partial charge is 0.493 e. The number of aryl methyl sites for hydroxylation is 2. The van der Waals surface area contributed by atoms with E-state index >= 15 is 0 Å². The van der Waals surface area contributed by atoms with E-state index in [1.54, 1.807) is 7.11 Å². The van der Waals surface area contributed by atoms with E-state index in [2.05, 4.69) is 44.7 Å². The molecule has 0 radical (unpaired) electrons. The third kappa shape index (κ3) is 5.66. The van der Waals surface area contributed by atoms with Gasteiger partial charge in [-0.1, -0.05) is 108 Å². The summed E-state index contributed by atoms with van der Waals surface area (Å²) in [5.41, 5.74) is 6.96. The van der Waals surface area contributed by atoms with Crippen LogP contribution in [0, 0.1) is 13.8 Å². The van der Waals surface area contributed by atoms with Gasteiger partial charge in [0, 0.05) is 5.92 Å². The van der Waals surface area contributed by atoms with Crippen LogP contribution >= 0.6 is 0 Å². The fourth-order valence-corrected chi connectivity index (χ4v) is 6.22. The number of hydrogen-bond acceptors (Lipinski definition) is 4. The van der Waals surface area contributed by atoms with Crippen molar-refractivity contribution in [3.05, 3.63) is 163 Å². The van der Waals surface area contributed by atoms with Crippen LogP contribution in [0.1, 0.15) is 39.3 Å². The highest BCUT2D eigenvalue weighted by atomic mass is 16.5. The molecular formula is C39H34N4O4. The highest BCUT2D eigenvalue weighted by Crippen LogP contribution is 2.41. The fourth-order valence-electron chi connectivity index (χ4n) is 6.22. The molecule has 8 heteroatoms. The molecule has 0 aliphatic rings. The molecule has 0 aliphatic carbocycles. The molecule has 4 N–H and O–H groups in total. The Bertz CT molecular complexity index is 2200. The Hall–Kier alpha value is -6.02. The van der Waals surface area contributed by atoms with Crippen LogP contribution in [0.3, 0.4) is 0 Å². The Kier molecular flexibility index (Phi) is 7.83. The monoisotopic (exact) mass is 622 g/mol. The second kappa shape index (κ2) is 12.4. The number of nitrogens with one attached hydrogen (secondary N) is 4. The van der Waals surface area contributed by atoms with Crippen molar-refractivity contribution in [1.29, 1.82) is 0 Å². The third-order valence-corrected chi connectivity index (χ3v) is 8.67. The summed E-state index contributed by atoms with van der Waals surface area (Å²) in [5, 5.41) is 14.0. The van der Waals surface area contributed by atoms with Crippen LogP contribution in [0.4, 0.5) is 0 Å². The summed E-state index contributed by atoms with van der Waals surface area (Å²) in [4.78, 5) is 27.4. The van der Waals surface area contributed by atoms with E-state index in [4.69, 9.17) is 9.47 Å². The molecule has 0 aliphatic heterocycles. The van der Waals surface area contributed by atoms with Crippen molar-refractivity contribution in [1.82, 2.24) is 20.4 Å². The van der Waals surface area contributed by atoms with Gasteiger partial charge in [0.25, 0.3) is 11.1 Å². The number of ether oxygens (including phenoxy) is 2. The summed E-state index contributed by atoms with van der Waals surface area (Å²) in [6.07, 6.45) is 0. The van der Waals surface area contributed by atoms with Gasteiger partial charge in [-0.05, 0) is 59.0 Å². The van der Waals surface area contributed by atoms with Crippen molar-refractivity contribution in [3.8, 4) is 34.0 Å². The first kappa shape index (κ1) is 29.7. The van der Waals surface area contributed by atoms with Gasteiger partial charge in [0.1, 0.15) is 6.61 Å². The summed E-state index contributed by atoms with van der Waals surface area (Å²) < 4.78 is 12.2. The fraction of sp³-hybridized carbons (Fsp3) is 0.128. The lowest BCUT2D eigenvalue weighted by Crippen LogP contribution is -2.20. The lowest BCUT2D eigenvalue weighted by molar-refractivity contribution is 0.285. The molecule has 0 fully saturated rings.